The Labute approximate surface area is 227 Å². The Kier molecular flexibility index (Phi) is 9.05. The minimum atomic E-state index is -0.443. The number of hydrogen-bond donors (Lipinski definition) is 3. The molecule has 1 fully saturated rings. The molecule has 1 aliphatic heterocycles. The summed E-state index contributed by atoms with van der Waals surface area (Å²) in [6.45, 7) is 2.00. The summed E-state index contributed by atoms with van der Waals surface area (Å²) in [6, 6.07) is 21.1. The van der Waals surface area contributed by atoms with E-state index in [0.29, 0.717) is 40.1 Å². The topological polar surface area (TPSA) is 84.9 Å². The zero-order chi connectivity index (χ0) is 26.4. The highest BCUT2D eigenvalue weighted by atomic mass is 35.5. The van der Waals surface area contributed by atoms with E-state index in [0.717, 1.165) is 18.5 Å². The van der Waals surface area contributed by atoms with E-state index in [-0.39, 0.29) is 24.5 Å². The molecule has 0 saturated carbocycles. The third-order valence-corrected chi connectivity index (χ3v) is 6.97. The Hall–Kier alpha value is -3.10. The first-order valence-electron chi connectivity index (χ1n) is 12.1. The number of carbonyl (C=O) groups excluding carboxylic acids is 2. The quantitative estimate of drug-likeness (QED) is 0.354. The fraction of sp³-hybridized carbons (Fsp3) is 0.286. The number of rotatable bonds is 8. The van der Waals surface area contributed by atoms with E-state index >= 15 is 0 Å². The second-order valence-corrected chi connectivity index (χ2v) is 10.1. The van der Waals surface area contributed by atoms with Crippen molar-refractivity contribution in [3.8, 4) is 0 Å². The predicted molar refractivity (Wildman–Crippen MR) is 148 cm³/mol. The smallest absolute Gasteiger partial charge is 0.323 e. The molecule has 1 heterocycles. The molecule has 0 radical (unpaired) electrons. The largest absolute Gasteiger partial charge is 0.392 e. The van der Waals surface area contributed by atoms with E-state index in [1.165, 1.54) is 0 Å². The molecule has 3 aromatic carbocycles. The van der Waals surface area contributed by atoms with Gasteiger partial charge in [-0.05, 0) is 60.0 Å². The van der Waals surface area contributed by atoms with Crippen LogP contribution in [0.1, 0.15) is 23.6 Å². The van der Waals surface area contributed by atoms with Crippen LogP contribution < -0.4 is 10.6 Å². The Morgan fingerprint density at radius 2 is 1.73 bits per heavy atom. The number of aliphatic hydroxyl groups excluding tert-OH is 1. The van der Waals surface area contributed by atoms with Crippen LogP contribution in [0.25, 0.3) is 0 Å². The van der Waals surface area contributed by atoms with Crippen LogP contribution in [0.4, 0.5) is 16.2 Å². The van der Waals surface area contributed by atoms with Gasteiger partial charge in [-0.25, -0.2) is 4.79 Å². The normalized spacial score (nSPS) is 16.3. The van der Waals surface area contributed by atoms with Gasteiger partial charge in [0.15, 0.2) is 0 Å². The van der Waals surface area contributed by atoms with Crippen LogP contribution in [-0.2, 0) is 11.2 Å². The van der Waals surface area contributed by atoms with E-state index in [4.69, 9.17) is 23.2 Å². The molecule has 1 aliphatic rings. The lowest BCUT2D eigenvalue weighted by molar-refractivity contribution is -0.131. The predicted octanol–water partition coefficient (Wildman–Crippen LogP) is 5.45. The molecule has 1 saturated heterocycles. The molecular weight excluding hydrogens is 511 g/mol. The SMILES string of the molecule is CN(C(=O)Cc1cc(Cl)ccc1NC(=O)Nc1ccc(Cl)cc1)C(CN1CCC(O)C1)c1ccccc1. The molecular formula is C28H30Cl2N4O3. The molecule has 194 valence electrons. The maximum Gasteiger partial charge on any atom is 0.323 e. The molecule has 0 spiro atoms. The summed E-state index contributed by atoms with van der Waals surface area (Å²) in [6.07, 6.45) is 0.450. The maximum atomic E-state index is 13.5. The fourth-order valence-corrected chi connectivity index (χ4v) is 4.78. The first kappa shape index (κ1) is 26.9. The van der Waals surface area contributed by atoms with Crippen LogP contribution in [0.2, 0.25) is 10.0 Å². The van der Waals surface area contributed by atoms with Crippen molar-refractivity contribution in [2.45, 2.75) is 25.0 Å². The monoisotopic (exact) mass is 540 g/mol. The first-order valence-corrected chi connectivity index (χ1v) is 12.9. The molecule has 3 aromatic rings. The number of nitrogens with one attached hydrogen (secondary N) is 2. The summed E-state index contributed by atoms with van der Waals surface area (Å²) >= 11 is 12.2. The van der Waals surface area contributed by atoms with Crippen LogP contribution in [0, 0.1) is 0 Å². The molecule has 37 heavy (non-hydrogen) atoms. The highest BCUT2D eigenvalue weighted by Crippen LogP contribution is 2.26. The maximum absolute atomic E-state index is 13.5. The van der Waals surface area contributed by atoms with Gasteiger partial charge in [-0.1, -0.05) is 53.5 Å². The summed E-state index contributed by atoms with van der Waals surface area (Å²) in [5, 5.41) is 16.6. The number of halogens is 2. The van der Waals surface area contributed by atoms with Crippen LogP contribution >= 0.6 is 23.2 Å². The second kappa shape index (κ2) is 12.4. The van der Waals surface area contributed by atoms with E-state index in [9.17, 15) is 14.7 Å². The Balaban J connectivity index is 1.48. The van der Waals surface area contributed by atoms with Crippen molar-refractivity contribution in [1.29, 1.82) is 0 Å². The van der Waals surface area contributed by atoms with Crippen molar-refractivity contribution in [2.24, 2.45) is 0 Å². The third kappa shape index (κ3) is 7.46. The molecule has 7 nitrogen and oxygen atoms in total. The van der Waals surface area contributed by atoms with Crippen molar-refractivity contribution >= 4 is 46.5 Å². The average molecular weight is 541 g/mol. The first-order chi connectivity index (χ1) is 17.8. The number of likely N-dealkylation sites (N-methyl/N-ethyl adjacent to an activating group) is 1. The third-order valence-electron chi connectivity index (χ3n) is 6.48. The number of urea groups is 1. The van der Waals surface area contributed by atoms with Gasteiger partial charge in [-0.15, -0.1) is 0 Å². The lowest BCUT2D eigenvalue weighted by Crippen LogP contribution is -2.39. The van der Waals surface area contributed by atoms with Gasteiger partial charge < -0.3 is 20.6 Å². The second-order valence-electron chi connectivity index (χ2n) is 9.20. The average Bonchev–Trinajstić information content (AvgIpc) is 3.30. The number of hydrogen-bond acceptors (Lipinski definition) is 4. The van der Waals surface area contributed by atoms with Gasteiger partial charge in [0.25, 0.3) is 0 Å². The molecule has 4 rings (SSSR count). The molecule has 3 N–H and O–H groups in total. The van der Waals surface area contributed by atoms with Gasteiger partial charge in [-0.2, -0.15) is 0 Å². The standard InChI is InChI=1S/C28H30Cl2N4O3/c1-33(26(19-5-3-2-4-6-19)18-34-14-13-24(35)17-34)27(36)16-20-15-22(30)9-12-25(20)32-28(37)31-23-10-7-21(29)8-11-23/h2-12,15,24,26,35H,13-14,16-18H2,1H3,(H2,31,32,37). The number of amides is 3. The summed E-state index contributed by atoms with van der Waals surface area (Å²) < 4.78 is 0. The zero-order valence-corrected chi connectivity index (χ0v) is 22.0. The summed E-state index contributed by atoms with van der Waals surface area (Å²) in [5.74, 6) is -0.114. The van der Waals surface area contributed by atoms with E-state index in [1.807, 2.05) is 30.3 Å². The van der Waals surface area contributed by atoms with Crippen LogP contribution in [0.5, 0.6) is 0 Å². The fourth-order valence-electron chi connectivity index (χ4n) is 4.46. The molecule has 3 amide bonds. The number of carbonyl (C=O) groups is 2. The van der Waals surface area contributed by atoms with Gasteiger partial charge in [0.05, 0.1) is 18.6 Å². The molecule has 2 atom stereocenters. The molecule has 9 heteroatoms. The van der Waals surface area contributed by atoms with Gasteiger partial charge in [0.1, 0.15) is 0 Å². The van der Waals surface area contributed by atoms with Crippen molar-refractivity contribution in [1.82, 2.24) is 9.80 Å². The van der Waals surface area contributed by atoms with Crippen LogP contribution in [0.3, 0.4) is 0 Å². The van der Waals surface area contributed by atoms with E-state index < -0.39 is 6.03 Å². The summed E-state index contributed by atoms with van der Waals surface area (Å²) in [5.41, 5.74) is 2.72. The van der Waals surface area contributed by atoms with Gasteiger partial charge >= 0.3 is 6.03 Å². The van der Waals surface area contributed by atoms with Crippen molar-refractivity contribution in [2.75, 3.05) is 37.3 Å². The Bertz CT molecular complexity index is 1220. The number of nitrogens with zero attached hydrogens (tertiary/aromatic N) is 2. The molecule has 0 aliphatic carbocycles. The number of aliphatic hydroxyl groups is 1. The van der Waals surface area contributed by atoms with Gasteiger partial charge in [-0.3, -0.25) is 9.69 Å². The summed E-state index contributed by atoms with van der Waals surface area (Å²) in [7, 11) is 1.79. The molecule has 0 bridgehead atoms. The van der Waals surface area contributed by atoms with Crippen molar-refractivity contribution < 1.29 is 14.7 Å². The highest BCUT2D eigenvalue weighted by molar-refractivity contribution is 6.31. The van der Waals surface area contributed by atoms with Crippen LogP contribution in [-0.4, -0.2) is 59.6 Å². The highest BCUT2D eigenvalue weighted by Gasteiger charge is 2.28. The van der Waals surface area contributed by atoms with E-state index in [2.05, 4.69) is 15.5 Å². The van der Waals surface area contributed by atoms with Gasteiger partial charge in [0, 0.05) is 48.1 Å². The molecule has 2 unspecified atom stereocenters. The minimum absolute atomic E-state index is 0.0551. The summed E-state index contributed by atoms with van der Waals surface area (Å²) in [4.78, 5) is 30.1. The Morgan fingerprint density at radius 1 is 1.03 bits per heavy atom. The van der Waals surface area contributed by atoms with E-state index in [1.54, 1.807) is 54.4 Å². The number of anilines is 2. The minimum Gasteiger partial charge on any atom is -0.392 e. The zero-order valence-electron chi connectivity index (χ0n) is 20.5. The van der Waals surface area contributed by atoms with Crippen LogP contribution in [0.15, 0.2) is 72.8 Å². The molecule has 0 aromatic heterocycles. The van der Waals surface area contributed by atoms with Crippen molar-refractivity contribution in [3.63, 3.8) is 0 Å². The number of benzene rings is 3. The van der Waals surface area contributed by atoms with Crippen molar-refractivity contribution in [3.05, 3.63) is 94.0 Å². The van der Waals surface area contributed by atoms with Gasteiger partial charge in [0.2, 0.25) is 5.91 Å². The lowest BCUT2D eigenvalue weighted by atomic mass is 10.0. The lowest BCUT2D eigenvalue weighted by Gasteiger charge is -2.32. The number of β-amino-alcohol motifs (C(OH)–C–C–N with tert-alkyl or cyclic N) is 1. The Morgan fingerprint density at radius 3 is 2.41 bits per heavy atom. The number of likely N-dealkylation sites (tertiary alicyclic amines) is 1.